The molecule has 19 heavy (non-hydrogen) atoms. The van der Waals surface area contributed by atoms with Gasteiger partial charge < -0.3 is 4.57 Å². The van der Waals surface area contributed by atoms with Crippen LogP contribution in [-0.2, 0) is 7.05 Å². The fourth-order valence-electron chi connectivity index (χ4n) is 1.42. The summed E-state index contributed by atoms with van der Waals surface area (Å²) in [4.78, 5) is 23.1. The third kappa shape index (κ3) is 3.19. The quantitative estimate of drug-likeness (QED) is 0.818. The molecule has 0 bridgehead atoms. The van der Waals surface area contributed by atoms with Gasteiger partial charge in [-0.05, 0) is 30.3 Å². The van der Waals surface area contributed by atoms with E-state index in [4.69, 9.17) is 0 Å². The number of nitrogens with one attached hydrogen (secondary N) is 2. The molecule has 1 aromatic carbocycles. The van der Waals surface area contributed by atoms with E-state index in [-0.39, 0.29) is 16.9 Å². The average molecular weight is 261 g/mol. The van der Waals surface area contributed by atoms with Crippen LogP contribution in [-0.4, -0.2) is 10.5 Å². The fourth-order valence-corrected chi connectivity index (χ4v) is 1.42. The highest BCUT2D eigenvalue weighted by atomic mass is 19.1. The van der Waals surface area contributed by atoms with Crippen LogP contribution in [0.3, 0.4) is 0 Å². The van der Waals surface area contributed by atoms with Crippen molar-refractivity contribution < 1.29 is 9.18 Å². The summed E-state index contributed by atoms with van der Waals surface area (Å²) in [6.45, 7) is 0. The molecular formula is C13H12FN3O2. The summed E-state index contributed by atoms with van der Waals surface area (Å²) in [6.07, 6.45) is 1.51. The van der Waals surface area contributed by atoms with E-state index < -0.39 is 5.91 Å². The Kier molecular flexibility index (Phi) is 3.61. The first-order valence-electron chi connectivity index (χ1n) is 5.55. The number of rotatable bonds is 3. The number of nitrogens with zero attached hydrogens (tertiary/aromatic N) is 1. The SMILES string of the molecule is Cn1ccc(C(=O)NNc2ccc(F)cc2)cc1=O. The number of benzene rings is 1. The second-order valence-electron chi connectivity index (χ2n) is 3.95. The van der Waals surface area contributed by atoms with Crippen molar-refractivity contribution in [1.29, 1.82) is 0 Å². The molecule has 0 saturated heterocycles. The van der Waals surface area contributed by atoms with Crippen LogP contribution in [0.25, 0.3) is 0 Å². The Morgan fingerprint density at radius 3 is 2.53 bits per heavy atom. The highest BCUT2D eigenvalue weighted by Crippen LogP contribution is 2.06. The van der Waals surface area contributed by atoms with Crippen molar-refractivity contribution >= 4 is 11.6 Å². The molecule has 0 fully saturated rings. The summed E-state index contributed by atoms with van der Waals surface area (Å²) in [7, 11) is 1.60. The zero-order valence-corrected chi connectivity index (χ0v) is 10.2. The van der Waals surface area contributed by atoms with Crippen LogP contribution in [0.15, 0.2) is 47.4 Å². The normalized spacial score (nSPS) is 10.0. The predicted octanol–water partition coefficient (Wildman–Crippen LogP) is 1.28. The van der Waals surface area contributed by atoms with Gasteiger partial charge in [-0.25, -0.2) is 4.39 Å². The van der Waals surface area contributed by atoms with Crippen molar-refractivity contribution in [2.45, 2.75) is 0 Å². The fraction of sp³-hybridized carbons (Fsp3) is 0.0769. The first kappa shape index (κ1) is 12.8. The summed E-state index contributed by atoms with van der Waals surface area (Å²) in [5.41, 5.74) is 5.57. The van der Waals surface area contributed by atoms with E-state index >= 15 is 0 Å². The number of hydrogen-bond donors (Lipinski definition) is 2. The van der Waals surface area contributed by atoms with Crippen LogP contribution in [0.1, 0.15) is 10.4 Å². The third-order valence-corrected chi connectivity index (χ3v) is 2.53. The summed E-state index contributed by atoms with van der Waals surface area (Å²) in [5, 5.41) is 0. The number of carbonyl (C=O) groups excluding carboxylic acids is 1. The Labute approximate surface area is 108 Å². The van der Waals surface area contributed by atoms with Crippen molar-refractivity contribution in [1.82, 2.24) is 9.99 Å². The van der Waals surface area contributed by atoms with E-state index in [9.17, 15) is 14.0 Å². The molecule has 2 N–H and O–H groups in total. The van der Waals surface area contributed by atoms with Crippen molar-refractivity contribution in [3.8, 4) is 0 Å². The molecule has 1 aromatic heterocycles. The minimum absolute atomic E-state index is 0.248. The lowest BCUT2D eigenvalue weighted by atomic mass is 10.2. The Morgan fingerprint density at radius 1 is 1.21 bits per heavy atom. The average Bonchev–Trinajstić information content (AvgIpc) is 2.41. The molecule has 0 radical (unpaired) electrons. The number of hydrazine groups is 1. The molecule has 0 aliphatic rings. The van der Waals surface area contributed by atoms with Crippen molar-refractivity contribution in [3.63, 3.8) is 0 Å². The lowest BCUT2D eigenvalue weighted by Crippen LogP contribution is -2.30. The predicted molar refractivity (Wildman–Crippen MR) is 69.2 cm³/mol. The molecule has 1 amide bonds. The number of aromatic nitrogens is 1. The zero-order chi connectivity index (χ0) is 13.8. The van der Waals surface area contributed by atoms with Gasteiger partial charge in [-0.15, -0.1) is 0 Å². The maximum absolute atomic E-state index is 12.7. The topological polar surface area (TPSA) is 63.1 Å². The summed E-state index contributed by atoms with van der Waals surface area (Å²) < 4.78 is 14.0. The number of pyridine rings is 1. The van der Waals surface area contributed by atoms with Crippen LogP contribution < -0.4 is 16.4 Å². The van der Waals surface area contributed by atoms with Gasteiger partial charge in [0.2, 0.25) is 0 Å². The number of hydrogen-bond acceptors (Lipinski definition) is 3. The number of amides is 1. The van der Waals surface area contributed by atoms with E-state index in [2.05, 4.69) is 10.9 Å². The van der Waals surface area contributed by atoms with E-state index in [1.807, 2.05) is 0 Å². The molecule has 98 valence electrons. The molecule has 0 saturated carbocycles. The molecular weight excluding hydrogens is 249 g/mol. The van der Waals surface area contributed by atoms with Gasteiger partial charge in [-0.2, -0.15) is 0 Å². The van der Waals surface area contributed by atoms with Crippen molar-refractivity contribution in [2.24, 2.45) is 7.05 Å². The molecule has 2 aromatic rings. The first-order chi connectivity index (χ1) is 9.06. The van der Waals surface area contributed by atoms with Crippen LogP contribution in [0, 0.1) is 5.82 Å². The Hall–Kier alpha value is -2.63. The third-order valence-electron chi connectivity index (χ3n) is 2.53. The van der Waals surface area contributed by atoms with Gasteiger partial charge >= 0.3 is 0 Å². The lowest BCUT2D eigenvalue weighted by Gasteiger charge is -2.08. The maximum Gasteiger partial charge on any atom is 0.269 e. The smallest absolute Gasteiger partial charge is 0.269 e. The van der Waals surface area contributed by atoms with E-state index in [1.54, 1.807) is 7.05 Å². The minimum atomic E-state index is -0.443. The number of aryl methyl sites for hydroxylation is 1. The van der Waals surface area contributed by atoms with E-state index in [0.29, 0.717) is 5.69 Å². The molecule has 6 heteroatoms. The van der Waals surface area contributed by atoms with Gasteiger partial charge in [0.15, 0.2) is 0 Å². The number of carbonyl (C=O) groups is 1. The highest BCUT2D eigenvalue weighted by molar-refractivity contribution is 5.94. The Balaban J connectivity index is 2.03. The molecule has 0 atom stereocenters. The van der Waals surface area contributed by atoms with Gasteiger partial charge in [0.05, 0.1) is 5.69 Å². The highest BCUT2D eigenvalue weighted by Gasteiger charge is 2.06. The molecule has 1 heterocycles. The summed E-state index contributed by atoms with van der Waals surface area (Å²) in [5.74, 6) is -0.801. The second-order valence-corrected chi connectivity index (χ2v) is 3.95. The zero-order valence-electron chi connectivity index (χ0n) is 10.2. The molecule has 5 nitrogen and oxygen atoms in total. The monoisotopic (exact) mass is 261 g/mol. The number of anilines is 1. The van der Waals surface area contributed by atoms with Gasteiger partial charge in [0.25, 0.3) is 11.5 Å². The van der Waals surface area contributed by atoms with Crippen LogP contribution in [0.5, 0.6) is 0 Å². The van der Waals surface area contributed by atoms with E-state index in [0.717, 1.165) is 0 Å². The molecule has 2 rings (SSSR count). The first-order valence-corrected chi connectivity index (χ1v) is 5.55. The Bertz CT molecular complexity index is 650. The van der Waals surface area contributed by atoms with Crippen LogP contribution >= 0.6 is 0 Å². The molecule has 0 spiro atoms. The van der Waals surface area contributed by atoms with Crippen LogP contribution in [0.2, 0.25) is 0 Å². The summed E-state index contributed by atoms with van der Waals surface area (Å²) >= 11 is 0. The second kappa shape index (κ2) is 5.34. The minimum Gasteiger partial charge on any atom is -0.319 e. The van der Waals surface area contributed by atoms with Crippen molar-refractivity contribution in [2.75, 3.05) is 5.43 Å². The van der Waals surface area contributed by atoms with Gasteiger partial charge in [0.1, 0.15) is 5.82 Å². The van der Waals surface area contributed by atoms with Gasteiger partial charge in [-0.3, -0.25) is 20.4 Å². The van der Waals surface area contributed by atoms with Crippen LogP contribution in [0.4, 0.5) is 10.1 Å². The van der Waals surface area contributed by atoms with Gasteiger partial charge in [0, 0.05) is 24.9 Å². The number of halogens is 1. The molecule has 0 unspecified atom stereocenters. The standard InChI is InChI=1S/C13H12FN3O2/c1-17-7-6-9(8-12(17)18)13(19)16-15-11-4-2-10(14)3-5-11/h2-8,15H,1H3,(H,16,19). The Morgan fingerprint density at radius 2 is 1.89 bits per heavy atom. The molecule has 0 aliphatic heterocycles. The lowest BCUT2D eigenvalue weighted by molar-refractivity contribution is 0.0962. The van der Waals surface area contributed by atoms with Crippen molar-refractivity contribution in [3.05, 3.63) is 64.3 Å². The van der Waals surface area contributed by atoms with Gasteiger partial charge in [-0.1, -0.05) is 0 Å². The van der Waals surface area contributed by atoms with E-state index in [1.165, 1.54) is 47.2 Å². The largest absolute Gasteiger partial charge is 0.319 e. The molecule has 0 aliphatic carbocycles. The maximum atomic E-state index is 12.7. The summed E-state index contributed by atoms with van der Waals surface area (Å²) in [6, 6.07) is 8.28.